The van der Waals surface area contributed by atoms with E-state index >= 15 is 0 Å². The molecule has 0 bridgehead atoms. The van der Waals surface area contributed by atoms with Crippen LogP contribution in [-0.4, -0.2) is 15.4 Å². The summed E-state index contributed by atoms with van der Waals surface area (Å²) in [5.74, 6) is 0. The lowest BCUT2D eigenvalue weighted by molar-refractivity contribution is 0.902. The van der Waals surface area contributed by atoms with Crippen molar-refractivity contribution in [2.75, 3.05) is 0 Å². The highest BCUT2D eigenvalue weighted by molar-refractivity contribution is 8.00. The molecule has 0 aliphatic heterocycles. The first kappa shape index (κ1) is 6.87. The van der Waals surface area contributed by atoms with E-state index in [0.29, 0.717) is 10.1 Å². The van der Waals surface area contributed by atoms with E-state index in [2.05, 4.69) is 15.4 Å². The van der Waals surface area contributed by atoms with Crippen molar-refractivity contribution in [2.45, 2.75) is 10.1 Å². The molecule has 1 aromatic rings. The average molecular weight is 163 g/mol. The largest absolute Gasteiger partial charge is 0.272 e. The minimum absolute atomic E-state index is 0.627. The molecule has 1 aromatic heterocycles. The Bertz CT molecular complexity index is 166. The molecule has 0 radical (unpaired) electrons. The van der Waals surface area contributed by atoms with Crippen molar-refractivity contribution >= 4 is 23.9 Å². The Kier molecular flexibility index (Phi) is 2.34. The lowest BCUT2D eigenvalue weighted by atomic mass is 10.9. The van der Waals surface area contributed by atoms with Gasteiger partial charge in [-0.3, -0.25) is 10.3 Å². The van der Waals surface area contributed by atoms with Crippen molar-refractivity contribution in [3.63, 3.8) is 0 Å². The molecule has 0 aliphatic carbocycles. The van der Waals surface area contributed by atoms with Gasteiger partial charge >= 0.3 is 0 Å². The second-order valence-electron chi connectivity index (χ2n) is 1.17. The molecule has 1 heterocycles. The third kappa shape index (κ3) is 1.36. The number of aromatic nitrogens is 3. The van der Waals surface area contributed by atoms with E-state index in [4.69, 9.17) is 10.3 Å². The van der Waals surface area contributed by atoms with Gasteiger partial charge in [0.25, 0.3) is 0 Å². The Hall–Kier alpha value is -0.240. The SMILES string of the molecule is NSc1n[nH]nc1SN. The fourth-order valence-electron chi connectivity index (χ4n) is 0.365. The Balaban J connectivity index is 2.85. The molecule has 0 saturated heterocycles. The molecule has 0 atom stereocenters. The number of aromatic amines is 1. The highest BCUT2D eigenvalue weighted by Gasteiger charge is 2.03. The van der Waals surface area contributed by atoms with Crippen LogP contribution in [0.3, 0.4) is 0 Å². The zero-order valence-electron chi connectivity index (χ0n) is 4.37. The Morgan fingerprint density at radius 2 is 1.56 bits per heavy atom. The standard InChI is InChI=1S/C2H5N5S2/c3-8-1-2(9-4)6-7-5-1/h3-4H2,(H,5,6,7). The molecule has 0 amide bonds. The van der Waals surface area contributed by atoms with Crippen molar-refractivity contribution in [2.24, 2.45) is 10.3 Å². The maximum absolute atomic E-state index is 5.20. The van der Waals surface area contributed by atoms with E-state index in [-0.39, 0.29) is 0 Å². The van der Waals surface area contributed by atoms with Crippen LogP contribution in [-0.2, 0) is 0 Å². The van der Waals surface area contributed by atoms with Gasteiger partial charge in [-0.2, -0.15) is 5.21 Å². The highest BCUT2D eigenvalue weighted by atomic mass is 32.2. The van der Waals surface area contributed by atoms with Gasteiger partial charge in [0, 0.05) is 0 Å². The number of nitrogens with zero attached hydrogens (tertiary/aromatic N) is 2. The highest BCUT2D eigenvalue weighted by Crippen LogP contribution is 2.18. The molecule has 0 aliphatic rings. The summed E-state index contributed by atoms with van der Waals surface area (Å²) < 4.78 is 0. The third-order valence-corrected chi connectivity index (χ3v) is 1.85. The molecule has 0 unspecified atom stereocenters. The van der Waals surface area contributed by atoms with E-state index < -0.39 is 0 Å². The van der Waals surface area contributed by atoms with Crippen molar-refractivity contribution < 1.29 is 0 Å². The number of nitrogens with one attached hydrogen (secondary N) is 1. The van der Waals surface area contributed by atoms with Crippen LogP contribution >= 0.6 is 23.9 Å². The maximum atomic E-state index is 5.20. The summed E-state index contributed by atoms with van der Waals surface area (Å²) in [5.41, 5.74) is 0. The zero-order valence-corrected chi connectivity index (χ0v) is 6.00. The minimum Gasteiger partial charge on any atom is -0.272 e. The number of hydrogen-bond acceptors (Lipinski definition) is 6. The van der Waals surface area contributed by atoms with Crippen molar-refractivity contribution in [1.82, 2.24) is 15.4 Å². The van der Waals surface area contributed by atoms with Gasteiger partial charge in [-0.05, 0) is 23.9 Å². The Morgan fingerprint density at radius 1 is 1.11 bits per heavy atom. The molecule has 5 N–H and O–H groups in total. The number of nitrogens with two attached hydrogens (primary N) is 2. The summed E-state index contributed by atoms with van der Waals surface area (Å²) in [6.07, 6.45) is 0. The Labute approximate surface area is 60.2 Å². The normalized spacial score (nSPS) is 10.0. The molecule has 0 aromatic carbocycles. The van der Waals surface area contributed by atoms with E-state index in [9.17, 15) is 0 Å². The third-order valence-electron chi connectivity index (χ3n) is 0.709. The monoisotopic (exact) mass is 163 g/mol. The summed E-state index contributed by atoms with van der Waals surface area (Å²) in [7, 11) is 0. The first-order valence-corrected chi connectivity index (χ1v) is 3.78. The average Bonchev–Trinajstić information content (AvgIpc) is 2.33. The first-order valence-electron chi connectivity index (χ1n) is 2.02. The zero-order chi connectivity index (χ0) is 6.69. The van der Waals surface area contributed by atoms with E-state index in [1.165, 1.54) is 0 Å². The predicted octanol–water partition coefficient (Wildman–Crippen LogP) is -0.264. The van der Waals surface area contributed by atoms with Crippen LogP contribution in [0.2, 0.25) is 0 Å². The summed E-state index contributed by atoms with van der Waals surface area (Å²) in [5, 5.41) is 21.5. The van der Waals surface area contributed by atoms with Crippen LogP contribution in [0.1, 0.15) is 0 Å². The molecule has 0 spiro atoms. The van der Waals surface area contributed by atoms with Gasteiger partial charge in [0.1, 0.15) is 0 Å². The van der Waals surface area contributed by atoms with Gasteiger partial charge in [-0.25, -0.2) is 0 Å². The van der Waals surface area contributed by atoms with Gasteiger partial charge in [0.05, 0.1) is 0 Å². The lowest BCUT2D eigenvalue weighted by Crippen LogP contribution is -1.84. The van der Waals surface area contributed by atoms with Crippen molar-refractivity contribution in [1.29, 1.82) is 0 Å². The van der Waals surface area contributed by atoms with Gasteiger partial charge in [0.15, 0.2) is 10.1 Å². The van der Waals surface area contributed by atoms with E-state index in [1.54, 1.807) is 0 Å². The minimum atomic E-state index is 0.627. The van der Waals surface area contributed by atoms with E-state index in [1.807, 2.05) is 0 Å². The molecule has 5 nitrogen and oxygen atoms in total. The van der Waals surface area contributed by atoms with Crippen LogP contribution in [0.5, 0.6) is 0 Å². The van der Waals surface area contributed by atoms with E-state index in [0.717, 1.165) is 23.9 Å². The quantitative estimate of drug-likeness (QED) is 0.520. The molecule has 0 saturated carbocycles. The van der Waals surface area contributed by atoms with Crippen LogP contribution in [0.15, 0.2) is 10.1 Å². The maximum Gasteiger partial charge on any atom is 0.168 e. The van der Waals surface area contributed by atoms with Crippen molar-refractivity contribution in [3.05, 3.63) is 0 Å². The Morgan fingerprint density at radius 3 is 1.89 bits per heavy atom. The molecule has 50 valence electrons. The molecule has 7 heteroatoms. The number of rotatable bonds is 2. The van der Waals surface area contributed by atoms with Crippen LogP contribution in [0.4, 0.5) is 0 Å². The number of H-pyrrole nitrogens is 1. The topological polar surface area (TPSA) is 93.6 Å². The molecule has 0 fully saturated rings. The number of hydrogen-bond donors (Lipinski definition) is 3. The molecular formula is C2H5N5S2. The molecule has 1 rings (SSSR count). The van der Waals surface area contributed by atoms with Crippen LogP contribution < -0.4 is 10.3 Å². The lowest BCUT2D eigenvalue weighted by Gasteiger charge is -1.86. The fourth-order valence-corrected chi connectivity index (χ4v) is 1.13. The van der Waals surface area contributed by atoms with Gasteiger partial charge in [0.2, 0.25) is 0 Å². The summed E-state index contributed by atoms with van der Waals surface area (Å²) in [6.45, 7) is 0. The summed E-state index contributed by atoms with van der Waals surface area (Å²) >= 11 is 2.04. The second kappa shape index (κ2) is 3.06. The second-order valence-corrected chi connectivity index (χ2v) is 2.41. The van der Waals surface area contributed by atoms with Gasteiger partial charge < -0.3 is 0 Å². The molecular weight excluding hydrogens is 158 g/mol. The summed E-state index contributed by atoms with van der Waals surface area (Å²) in [4.78, 5) is 0. The smallest absolute Gasteiger partial charge is 0.168 e. The van der Waals surface area contributed by atoms with Crippen molar-refractivity contribution in [3.8, 4) is 0 Å². The molecule has 9 heavy (non-hydrogen) atoms. The van der Waals surface area contributed by atoms with Crippen LogP contribution in [0, 0.1) is 0 Å². The first-order chi connectivity index (χ1) is 4.38. The summed E-state index contributed by atoms with van der Waals surface area (Å²) in [6, 6.07) is 0. The predicted molar refractivity (Wildman–Crippen MR) is 36.5 cm³/mol. The van der Waals surface area contributed by atoms with Gasteiger partial charge in [-0.15, -0.1) is 10.2 Å². The van der Waals surface area contributed by atoms with Gasteiger partial charge in [-0.1, -0.05) is 0 Å². The fraction of sp³-hybridized carbons (Fsp3) is 0. The van der Waals surface area contributed by atoms with Crippen LogP contribution in [0.25, 0.3) is 0 Å².